The molecule has 0 aromatic heterocycles. The van der Waals surface area contributed by atoms with E-state index in [0.29, 0.717) is 6.61 Å². The van der Waals surface area contributed by atoms with Gasteiger partial charge in [-0.3, -0.25) is 0 Å². The third-order valence-corrected chi connectivity index (χ3v) is 1.62. The molecule has 2 heteroatoms. The number of aliphatic hydroxyl groups excluding tert-OH is 1. The number of rotatable bonds is 6. The Labute approximate surface area is 111 Å². The Hall–Kier alpha value is 0.583. The van der Waals surface area contributed by atoms with Crippen LogP contribution in [0.2, 0.25) is 0 Å². The molecule has 0 spiro atoms. The van der Waals surface area contributed by atoms with E-state index < -0.39 is 0 Å². The first-order valence-corrected chi connectivity index (χ1v) is 5.94. The monoisotopic (exact) mass is 266 g/mol. The third-order valence-electron chi connectivity index (χ3n) is 1.62. The number of aliphatic hydroxyl groups is 1. The molecule has 0 saturated heterocycles. The van der Waals surface area contributed by atoms with E-state index in [1.54, 1.807) is 6.92 Å². The molecular weight excluding hydrogens is 238 g/mol. The Morgan fingerprint density at radius 2 is 1.27 bits per heavy atom. The number of hydrogen-bond acceptors (Lipinski definition) is 1. The zero-order chi connectivity index (χ0) is 11.7. The molecule has 0 saturated carbocycles. The standard InChI is InChI=1S/C6H13.C5H12O.C2H5.Zn/c1-3-5-6-4-2;1-2-3-4-5-6;1-2;/h1,3-6H2,2H3;6H,2-5H2,1H3;1H2,2H3;/q-1;;-1;+2. The van der Waals surface area contributed by atoms with Gasteiger partial charge < -0.3 is 19.0 Å². The molecule has 1 N–H and O–H groups in total. The minimum absolute atomic E-state index is 0. The summed E-state index contributed by atoms with van der Waals surface area (Å²) in [5.74, 6) is 0. The molecule has 0 aliphatic rings. The summed E-state index contributed by atoms with van der Waals surface area (Å²) in [6.07, 6.45) is 8.40. The normalized spacial score (nSPS) is 7.60. The van der Waals surface area contributed by atoms with Crippen molar-refractivity contribution < 1.29 is 24.6 Å². The molecule has 0 bridgehead atoms. The maximum atomic E-state index is 8.20. The topological polar surface area (TPSA) is 20.2 Å². The van der Waals surface area contributed by atoms with Crippen molar-refractivity contribution in [3.8, 4) is 0 Å². The Balaban J connectivity index is -0.0000000653. The van der Waals surface area contributed by atoms with E-state index in [1.165, 1.54) is 25.7 Å². The van der Waals surface area contributed by atoms with Gasteiger partial charge in [0.05, 0.1) is 0 Å². The molecule has 0 rings (SSSR count). The fourth-order valence-electron chi connectivity index (χ4n) is 0.789. The first kappa shape index (κ1) is 24.7. The molecular formula is C13H30OZn. The molecule has 0 amide bonds. The van der Waals surface area contributed by atoms with E-state index in [9.17, 15) is 0 Å². The van der Waals surface area contributed by atoms with Crippen molar-refractivity contribution in [1.29, 1.82) is 0 Å². The molecule has 0 fully saturated rings. The molecule has 0 aromatic rings. The Kier molecular flexibility index (Phi) is 60.1. The third kappa shape index (κ3) is 53.3. The second kappa shape index (κ2) is 36.5. The van der Waals surface area contributed by atoms with Crippen LogP contribution in [0, 0.1) is 13.8 Å². The van der Waals surface area contributed by atoms with E-state index in [4.69, 9.17) is 5.11 Å². The molecule has 15 heavy (non-hydrogen) atoms. The molecule has 1 nitrogen and oxygen atoms in total. The van der Waals surface area contributed by atoms with Crippen LogP contribution in [0.4, 0.5) is 0 Å². The number of hydrogen-bond donors (Lipinski definition) is 1. The maximum Gasteiger partial charge on any atom is 2.00 e. The van der Waals surface area contributed by atoms with Gasteiger partial charge in [0.25, 0.3) is 0 Å². The minimum atomic E-state index is 0. The van der Waals surface area contributed by atoms with Crippen molar-refractivity contribution in [3.63, 3.8) is 0 Å². The molecule has 90 valence electrons. The van der Waals surface area contributed by atoms with Crippen LogP contribution in [0.25, 0.3) is 0 Å². The van der Waals surface area contributed by atoms with Gasteiger partial charge in [0.2, 0.25) is 0 Å². The fraction of sp³-hybridized carbons (Fsp3) is 0.846. The summed E-state index contributed by atoms with van der Waals surface area (Å²) in [5, 5.41) is 8.20. The molecule has 0 heterocycles. The summed E-state index contributed by atoms with van der Waals surface area (Å²) in [4.78, 5) is 0. The van der Waals surface area contributed by atoms with Gasteiger partial charge in [-0.1, -0.05) is 46.0 Å². The zero-order valence-electron chi connectivity index (χ0n) is 11.2. The average molecular weight is 268 g/mol. The Morgan fingerprint density at radius 1 is 0.867 bits per heavy atom. The molecule has 0 aliphatic carbocycles. The summed E-state index contributed by atoms with van der Waals surface area (Å²) in [7, 11) is 0. The van der Waals surface area contributed by atoms with Gasteiger partial charge in [-0.2, -0.15) is 13.3 Å². The van der Waals surface area contributed by atoms with Crippen LogP contribution < -0.4 is 0 Å². The van der Waals surface area contributed by atoms with Gasteiger partial charge in [0.15, 0.2) is 0 Å². The fourth-order valence-corrected chi connectivity index (χ4v) is 0.789. The van der Waals surface area contributed by atoms with E-state index in [-0.39, 0.29) is 19.5 Å². The molecule has 0 aliphatic heterocycles. The largest absolute Gasteiger partial charge is 2.00 e. The minimum Gasteiger partial charge on any atom is -0.396 e. The van der Waals surface area contributed by atoms with Gasteiger partial charge >= 0.3 is 19.5 Å². The predicted molar refractivity (Wildman–Crippen MR) is 67.1 cm³/mol. The molecule has 0 aromatic carbocycles. The molecule has 0 radical (unpaired) electrons. The van der Waals surface area contributed by atoms with Gasteiger partial charge in [-0.25, -0.2) is 0 Å². The van der Waals surface area contributed by atoms with E-state index >= 15 is 0 Å². The summed E-state index contributed by atoms with van der Waals surface area (Å²) in [6, 6.07) is 0. The van der Waals surface area contributed by atoms with Crippen molar-refractivity contribution >= 4 is 0 Å². The van der Waals surface area contributed by atoms with Crippen LogP contribution >= 0.6 is 0 Å². The Morgan fingerprint density at radius 3 is 1.40 bits per heavy atom. The van der Waals surface area contributed by atoms with Crippen LogP contribution in [0.3, 0.4) is 0 Å². The first-order valence-electron chi connectivity index (χ1n) is 5.94. The van der Waals surface area contributed by atoms with Crippen LogP contribution in [-0.2, 0) is 19.5 Å². The van der Waals surface area contributed by atoms with Gasteiger partial charge in [-0.05, 0) is 6.42 Å². The number of unbranched alkanes of at least 4 members (excludes halogenated alkanes) is 5. The van der Waals surface area contributed by atoms with Crippen LogP contribution in [-0.4, -0.2) is 11.7 Å². The first-order chi connectivity index (χ1) is 6.83. The van der Waals surface area contributed by atoms with Crippen molar-refractivity contribution in [3.05, 3.63) is 13.8 Å². The summed E-state index contributed by atoms with van der Waals surface area (Å²) >= 11 is 0. The van der Waals surface area contributed by atoms with Crippen molar-refractivity contribution in [2.75, 3.05) is 6.61 Å². The quantitative estimate of drug-likeness (QED) is 0.429. The summed E-state index contributed by atoms with van der Waals surface area (Å²) < 4.78 is 0. The van der Waals surface area contributed by atoms with Crippen molar-refractivity contribution in [2.45, 2.75) is 65.7 Å². The van der Waals surface area contributed by atoms with E-state index in [2.05, 4.69) is 27.7 Å². The second-order valence-corrected chi connectivity index (χ2v) is 2.99. The van der Waals surface area contributed by atoms with Crippen molar-refractivity contribution in [1.82, 2.24) is 0 Å². The maximum absolute atomic E-state index is 8.20. The van der Waals surface area contributed by atoms with E-state index in [0.717, 1.165) is 19.3 Å². The smallest absolute Gasteiger partial charge is 0.396 e. The second-order valence-electron chi connectivity index (χ2n) is 2.99. The SMILES string of the molecule is CCCCCO.[CH2-]C.[CH2-]CCCCC.[Zn+2]. The van der Waals surface area contributed by atoms with Crippen LogP contribution in [0.1, 0.15) is 65.7 Å². The summed E-state index contributed by atoms with van der Waals surface area (Å²) in [6.45, 7) is 13.4. The summed E-state index contributed by atoms with van der Waals surface area (Å²) in [5.41, 5.74) is 0. The van der Waals surface area contributed by atoms with Crippen molar-refractivity contribution in [2.24, 2.45) is 0 Å². The average Bonchev–Trinajstić information content (AvgIpc) is 2.27. The van der Waals surface area contributed by atoms with Gasteiger partial charge in [-0.15, -0.1) is 0 Å². The van der Waals surface area contributed by atoms with Gasteiger partial charge in [0.1, 0.15) is 0 Å². The van der Waals surface area contributed by atoms with Crippen LogP contribution in [0.15, 0.2) is 0 Å². The van der Waals surface area contributed by atoms with E-state index in [1.807, 2.05) is 0 Å². The molecule has 0 unspecified atom stereocenters. The zero-order valence-corrected chi connectivity index (χ0v) is 14.2. The van der Waals surface area contributed by atoms with Gasteiger partial charge in [0, 0.05) is 6.61 Å². The predicted octanol–water partition coefficient (Wildman–Crippen LogP) is 4.41. The Bertz CT molecular complexity index is 42.5. The molecule has 0 atom stereocenters. The van der Waals surface area contributed by atoms with Crippen LogP contribution in [0.5, 0.6) is 0 Å².